The van der Waals surface area contributed by atoms with E-state index in [-0.39, 0.29) is 24.2 Å². The summed E-state index contributed by atoms with van der Waals surface area (Å²) in [7, 11) is 1.34. The molecule has 0 N–H and O–H groups in total. The number of hydrogen-bond donors (Lipinski definition) is 0. The zero-order valence-corrected chi connectivity index (χ0v) is 8.73. The van der Waals surface area contributed by atoms with Gasteiger partial charge in [0.05, 0.1) is 19.6 Å². The van der Waals surface area contributed by atoms with Gasteiger partial charge in [0.2, 0.25) is 0 Å². The van der Waals surface area contributed by atoms with E-state index >= 15 is 0 Å². The summed E-state index contributed by atoms with van der Waals surface area (Å²) in [4.78, 5) is 24.1. The second-order valence-electron chi connectivity index (χ2n) is 3.53. The van der Waals surface area contributed by atoms with Gasteiger partial charge in [0, 0.05) is 19.0 Å². The lowest BCUT2D eigenvalue weighted by Crippen LogP contribution is -2.40. The fraction of sp³-hybridized carbons (Fsp3) is 0.700. The molecule has 0 unspecified atom stereocenters. The first kappa shape index (κ1) is 11.5. The van der Waals surface area contributed by atoms with Gasteiger partial charge in [-0.1, -0.05) is 0 Å². The van der Waals surface area contributed by atoms with Crippen LogP contribution in [0.15, 0.2) is 0 Å². The molecule has 1 aliphatic rings. The Balaban J connectivity index is 2.39. The largest absolute Gasteiger partial charge is 0.453 e. The predicted octanol–water partition coefficient (Wildman–Crippen LogP) is 0.948. The average molecular weight is 210 g/mol. The minimum absolute atomic E-state index is 0.0120. The minimum Gasteiger partial charge on any atom is -0.453 e. The smallest absolute Gasteiger partial charge is 0.409 e. The van der Waals surface area contributed by atoms with Gasteiger partial charge in [-0.05, 0) is 12.8 Å². The maximum atomic E-state index is 11.4. The maximum Gasteiger partial charge on any atom is 0.409 e. The molecule has 0 aliphatic carbocycles. The van der Waals surface area contributed by atoms with Crippen LogP contribution in [-0.2, 0) is 9.53 Å². The number of amides is 1. The van der Waals surface area contributed by atoms with Crippen molar-refractivity contribution in [2.24, 2.45) is 5.92 Å². The number of rotatable bonds is 2. The zero-order chi connectivity index (χ0) is 11.3. The van der Waals surface area contributed by atoms with Crippen molar-refractivity contribution in [2.45, 2.75) is 19.3 Å². The van der Waals surface area contributed by atoms with Crippen molar-refractivity contribution in [3.05, 3.63) is 0 Å². The molecule has 5 heteroatoms. The van der Waals surface area contributed by atoms with Crippen LogP contribution < -0.4 is 0 Å². The number of likely N-dealkylation sites (tertiary alicyclic amines) is 1. The molecule has 1 heterocycles. The molecule has 82 valence electrons. The van der Waals surface area contributed by atoms with Gasteiger partial charge in [0.25, 0.3) is 0 Å². The Morgan fingerprint density at radius 3 is 2.53 bits per heavy atom. The van der Waals surface area contributed by atoms with E-state index in [0.717, 1.165) is 0 Å². The normalized spacial score (nSPS) is 16.9. The zero-order valence-electron chi connectivity index (χ0n) is 8.73. The number of nitrogens with zero attached hydrogens (tertiary/aromatic N) is 2. The van der Waals surface area contributed by atoms with E-state index in [1.807, 2.05) is 6.07 Å². The van der Waals surface area contributed by atoms with E-state index in [2.05, 4.69) is 4.74 Å². The monoisotopic (exact) mass is 210 g/mol. The third-order valence-electron chi connectivity index (χ3n) is 2.64. The summed E-state index contributed by atoms with van der Waals surface area (Å²) in [5.41, 5.74) is 0. The van der Waals surface area contributed by atoms with E-state index < -0.39 is 0 Å². The molecule has 0 aromatic heterocycles. The lowest BCUT2D eigenvalue weighted by Gasteiger charge is -2.29. The molecule has 1 fully saturated rings. The lowest BCUT2D eigenvalue weighted by atomic mass is 9.91. The fourth-order valence-corrected chi connectivity index (χ4v) is 1.74. The molecule has 0 aromatic rings. The number of hydrogen-bond acceptors (Lipinski definition) is 4. The van der Waals surface area contributed by atoms with Crippen molar-refractivity contribution in [1.29, 1.82) is 5.26 Å². The number of carbonyl (C=O) groups excluding carboxylic acids is 2. The van der Waals surface area contributed by atoms with Crippen LogP contribution >= 0.6 is 0 Å². The summed E-state index contributed by atoms with van der Waals surface area (Å²) in [5.74, 6) is -0.0763. The van der Waals surface area contributed by atoms with Gasteiger partial charge in [0.15, 0.2) is 0 Å². The molecule has 0 spiro atoms. The van der Waals surface area contributed by atoms with Crippen molar-refractivity contribution >= 4 is 11.9 Å². The molecule has 1 rings (SSSR count). The third kappa shape index (κ3) is 2.94. The van der Waals surface area contributed by atoms with Crippen LogP contribution in [0.2, 0.25) is 0 Å². The van der Waals surface area contributed by atoms with Crippen molar-refractivity contribution < 1.29 is 14.3 Å². The van der Waals surface area contributed by atoms with Crippen LogP contribution in [0.4, 0.5) is 4.79 Å². The Labute approximate surface area is 88.6 Å². The molecule has 15 heavy (non-hydrogen) atoms. The van der Waals surface area contributed by atoms with Crippen LogP contribution in [0.3, 0.4) is 0 Å². The highest BCUT2D eigenvalue weighted by molar-refractivity contribution is 5.83. The first-order valence-corrected chi connectivity index (χ1v) is 4.91. The Bertz CT molecular complexity index is 288. The first-order valence-electron chi connectivity index (χ1n) is 4.91. The summed E-state index contributed by atoms with van der Waals surface area (Å²) in [6.45, 7) is 1.07. The van der Waals surface area contributed by atoms with Crippen LogP contribution in [0.25, 0.3) is 0 Å². The quantitative estimate of drug-likeness (QED) is 0.680. The van der Waals surface area contributed by atoms with Gasteiger partial charge in [-0.2, -0.15) is 5.26 Å². The number of ether oxygens (including phenoxy) is 1. The SMILES string of the molecule is COC(=O)N1CCC(C(=O)CC#N)CC1. The van der Waals surface area contributed by atoms with Gasteiger partial charge in [-0.3, -0.25) is 4.79 Å². The van der Waals surface area contributed by atoms with Crippen molar-refractivity contribution in [3.8, 4) is 6.07 Å². The molecule has 0 atom stereocenters. The summed E-state index contributed by atoms with van der Waals surface area (Å²) in [6.07, 6.45) is 0.898. The lowest BCUT2D eigenvalue weighted by molar-refractivity contribution is -0.123. The molecule has 0 radical (unpaired) electrons. The summed E-state index contributed by atoms with van der Waals surface area (Å²) in [6, 6.07) is 1.86. The highest BCUT2D eigenvalue weighted by atomic mass is 16.5. The topological polar surface area (TPSA) is 70.4 Å². The molecule has 0 aromatic carbocycles. The van der Waals surface area contributed by atoms with Crippen LogP contribution in [0, 0.1) is 17.2 Å². The molecule has 0 saturated carbocycles. The number of ketones is 1. The second-order valence-corrected chi connectivity index (χ2v) is 3.53. The van der Waals surface area contributed by atoms with Crippen LogP contribution in [-0.4, -0.2) is 37.0 Å². The first-order chi connectivity index (χ1) is 7.19. The van der Waals surface area contributed by atoms with E-state index in [4.69, 9.17) is 5.26 Å². The van der Waals surface area contributed by atoms with Crippen LogP contribution in [0.1, 0.15) is 19.3 Å². The summed E-state index contributed by atoms with van der Waals surface area (Å²) < 4.78 is 4.58. The van der Waals surface area contributed by atoms with Crippen molar-refractivity contribution in [3.63, 3.8) is 0 Å². The Hall–Kier alpha value is -1.57. The van der Waals surface area contributed by atoms with Gasteiger partial charge < -0.3 is 9.64 Å². The third-order valence-corrected chi connectivity index (χ3v) is 2.64. The van der Waals surface area contributed by atoms with Crippen LogP contribution in [0.5, 0.6) is 0 Å². The number of nitriles is 1. The number of piperidine rings is 1. The molecule has 1 aliphatic heterocycles. The van der Waals surface area contributed by atoms with Gasteiger partial charge in [0.1, 0.15) is 5.78 Å². The second kappa shape index (κ2) is 5.35. The van der Waals surface area contributed by atoms with Crippen molar-refractivity contribution in [2.75, 3.05) is 20.2 Å². The number of carbonyl (C=O) groups is 2. The Morgan fingerprint density at radius 2 is 2.07 bits per heavy atom. The summed E-state index contributed by atoms with van der Waals surface area (Å²) >= 11 is 0. The molecular weight excluding hydrogens is 196 g/mol. The maximum absolute atomic E-state index is 11.4. The Morgan fingerprint density at radius 1 is 1.47 bits per heavy atom. The molecule has 1 amide bonds. The highest BCUT2D eigenvalue weighted by Gasteiger charge is 2.27. The van der Waals surface area contributed by atoms with Gasteiger partial charge in [-0.25, -0.2) is 4.79 Å². The molecule has 5 nitrogen and oxygen atoms in total. The van der Waals surface area contributed by atoms with Gasteiger partial charge in [-0.15, -0.1) is 0 Å². The van der Waals surface area contributed by atoms with E-state index in [1.54, 1.807) is 4.90 Å². The minimum atomic E-state index is -0.346. The summed E-state index contributed by atoms with van der Waals surface area (Å²) in [5, 5.41) is 8.39. The predicted molar refractivity (Wildman–Crippen MR) is 51.9 cm³/mol. The molecular formula is C10H14N2O3. The number of Topliss-reactive ketones (excluding diaryl/α,β-unsaturated/α-hetero) is 1. The number of methoxy groups -OCH3 is 1. The van der Waals surface area contributed by atoms with Gasteiger partial charge >= 0.3 is 6.09 Å². The van der Waals surface area contributed by atoms with E-state index in [0.29, 0.717) is 25.9 Å². The fourth-order valence-electron chi connectivity index (χ4n) is 1.74. The van der Waals surface area contributed by atoms with Crippen molar-refractivity contribution in [1.82, 2.24) is 4.90 Å². The average Bonchev–Trinajstić information content (AvgIpc) is 2.28. The van der Waals surface area contributed by atoms with E-state index in [1.165, 1.54) is 7.11 Å². The Kier molecular flexibility index (Phi) is 4.10. The standard InChI is InChI=1S/C10H14N2O3/c1-15-10(14)12-6-3-8(4-7-12)9(13)2-5-11/h8H,2-4,6-7H2,1H3. The van der Waals surface area contributed by atoms with E-state index in [9.17, 15) is 9.59 Å². The molecule has 1 saturated heterocycles. The highest BCUT2D eigenvalue weighted by Crippen LogP contribution is 2.19. The molecule has 0 bridgehead atoms.